The van der Waals surface area contributed by atoms with E-state index < -0.39 is 0 Å². The van der Waals surface area contributed by atoms with Crippen molar-refractivity contribution < 1.29 is 14.2 Å². The molecule has 2 aliphatic rings. The molecular formula is C23H29ClN2O3. The number of ether oxygens (including phenoxy) is 3. The van der Waals surface area contributed by atoms with Gasteiger partial charge in [0, 0.05) is 32.7 Å². The number of piperazine rings is 1. The van der Waals surface area contributed by atoms with Crippen LogP contribution in [0.3, 0.4) is 0 Å². The van der Waals surface area contributed by atoms with E-state index in [-0.39, 0.29) is 12.4 Å². The van der Waals surface area contributed by atoms with Crippen LogP contribution in [0.5, 0.6) is 17.2 Å². The number of hydrogen-bond acceptors (Lipinski definition) is 5. The van der Waals surface area contributed by atoms with Gasteiger partial charge in [0.25, 0.3) is 0 Å². The molecular weight excluding hydrogens is 388 g/mol. The van der Waals surface area contributed by atoms with Crippen molar-refractivity contribution in [1.29, 1.82) is 0 Å². The van der Waals surface area contributed by atoms with E-state index in [1.54, 1.807) is 21.3 Å². The number of methoxy groups -OCH3 is 3. The molecule has 2 aromatic carbocycles. The number of anilines is 1. The third-order valence-electron chi connectivity index (χ3n) is 5.65. The second kappa shape index (κ2) is 9.42. The van der Waals surface area contributed by atoms with Crippen molar-refractivity contribution >= 4 is 24.2 Å². The lowest BCUT2D eigenvalue weighted by Crippen LogP contribution is -2.47. The summed E-state index contributed by atoms with van der Waals surface area (Å²) in [6.07, 6.45) is 3.30. The molecule has 0 amide bonds. The average Bonchev–Trinajstić information content (AvgIpc) is 3.14. The number of para-hydroxylation sites is 2. The zero-order chi connectivity index (χ0) is 19.5. The maximum Gasteiger partial charge on any atom is 0.161 e. The number of halogens is 1. The highest BCUT2D eigenvalue weighted by atomic mass is 35.5. The Kier molecular flexibility index (Phi) is 6.93. The van der Waals surface area contributed by atoms with Crippen LogP contribution in [-0.4, -0.2) is 59.0 Å². The quantitative estimate of drug-likeness (QED) is 0.713. The molecule has 1 aliphatic carbocycles. The third kappa shape index (κ3) is 4.46. The smallest absolute Gasteiger partial charge is 0.161 e. The molecule has 6 heteroatoms. The van der Waals surface area contributed by atoms with Gasteiger partial charge in [-0.05, 0) is 41.8 Å². The predicted molar refractivity (Wildman–Crippen MR) is 120 cm³/mol. The largest absolute Gasteiger partial charge is 0.495 e. The Balaban J connectivity index is 0.00000240. The molecule has 1 heterocycles. The molecule has 5 nitrogen and oxygen atoms in total. The Hall–Kier alpha value is -2.37. The number of benzene rings is 2. The van der Waals surface area contributed by atoms with Crippen molar-refractivity contribution in [1.82, 2.24) is 4.90 Å². The lowest BCUT2D eigenvalue weighted by atomic mass is 10.1. The van der Waals surface area contributed by atoms with Gasteiger partial charge in [0.15, 0.2) is 11.5 Å². The minimum Gasteiger partial charge on any atom is -0.495 e. The lowest BCUT2D eigenvalue weighted by Gasteiger charge is -2.36. The standard InChI is InChI=1S/C23H28N2O3.ClH/c1-26-21-7-5-4-6-20(21)25-10-8-24(9-11-25)16-17-12-18-14-22(27-2)23(28-3)15-19(18)13-17;/h4-7,12,14-15H,8-11,13,16H2,1-3H3;1H. The van der Waals surface area contributed by atoms with Crippen LogP contribution in [0.15, 0.2) is 42.0 Å². The molecule has 0 unspecified atom stereocenters. The first-order chi connectivity index (χ1) is 13.7. The molecule has 0 saturated carbocycles. The Morgan fingerprint density at radius 2 is 1.48 bits per heavy atom. The van der Waals surface area contributed by atoms with Crippen molar-refractivity contribution in [3.63, 3.8) is 0 Å². The fourth-order valence-electron chi connectivity index (χ4n) is 4.17. The Bertz CT molecular complexity index is 876. The second-order valence-corrected chi connectivity index (χ2v) is 7.32. The van der Waals surface area contributed by atoms with Crippen LogP contribution in [-0.2, 0) is 6.42 Å². The van der Waals surface area contributed by atoms with E-state index in [1.165, 1.54) is 22.4 Å². The van der Waals surface area contributed by atoms with Crippen LogP contribution in [0.4, 0.5) is 5.69 Å². The van der Waals surface area contributed by atoms with Gasteiger partial charge in [-0.25, -0.2) is 0 Å². The molecule has 1 saturated heterocycles. The Morgan fingerprint density at radius 1 is 0.828 bits per heavy atom. The maximum atomic E-state index is 5.52. The summed E-state index contributed by atoms with van der Waals surface area (Å²) in [4.78, 5) is 4.96. The first kappa shape index (κ1) is 21.3. The highest BCUT2D eigenvalue weighted by Crippen LogP contribution is 2.36. The van der Waals surface area contributed by atoms with Crippen molar-refractivity contribution in [2.24, 2.45) is 0 Å². The molecule has 0 atom stereocenters. The molecule has 0 bridgehead atoms. The summed E-state index contributed by atoms with van der Waals surface area (Å²) >= 11 is 0. The van der Waals surface area contributed by atoms with E-state index in [1.807, 2.05) is 12.1 Å². The van der Waals surface area contributed by atoms with Gasteiger partial charge in [0.2, 0.25) is 0 Å². The van der Waals surface area contributed by atoms with Gasteiger partial charge in [0.1, 0.15) is 5.75 Å². The topological polar surface area (TPSA) is 34.2 Å². The molecule has 0 spiro atoms. The number of rotatable bonds is 6. The molecule has 1 fully saturated rings. The molecule has 156 valence electrons. The minimum absolute atomic E-state index is 0. The fourth-order valence-corrected chi connectivity index (χ4v) is 4.17. The monoisotopic (exact) mass is 416 g/mol. The Labute approximate surface area is 179 Å². The maximum absolute atomic E-state index is 5.52. The van der Waals surface area contributed by atoms with Gasteiger partial charge in [0.05, 0.1) is 27.0 Å². The molecule has 29 heavy (non-hydrogen) atoms. The number of hydrogen-bond donors (Lipinski definition) is 0. The van der Waals surface area contributed by atoms with Gasteiger partial charge in [-0.3, -0.25) is 4.90 Å². The molecule has 0 aromatic heterocycles. The van der Waals surface area contributed by atoms with Gasteiger partial charge in [-0.2, -0.15) is 0 Å². The van der Waals surface area contributed by atoms with Gasteiger partial charge >= 0.3 is 0 Å². The predicted octanol–water partition coefficient (Wildman–Crippen LogP) is 3.90. The average molecular weight is 417 g/mol. The lowest BCUT2D eigenvalue weighted by molar-refractivity contribution is 0.276. The fraction of sp³-hybridized carbons (Fsp3) is 0.391. The first-order valence-electron chi connectivity index (χ1n) is 9.76. The first-order valence-corrected chi connectivity index (χ1v) is 9.76. The van der Waals surface area contributed by atoms with Crippen molar-refractivity contribution in [3.05, 3.63) is 53.1 Å². The highest BCUT2D eigenvalue weighted by molar-refractivity contribution is 5.85. The van der Waals surface area contributed by atoms with Crippen LogP contribution in [0, 0.1) is 0 Å². The van der Waals surface area contributed by atoms with Crippen LogP contribution in [0.2, 0.25) is 0 Å². The van der Waals surface area contributed by atoms with E-state index >= 15 is 0 Å². The summed E-state index contributed by atoms with van der Waals surface area (Å²) in [6.45, 7) is 5.15. The van der Waals surface area contributed by atoms with E-state index in [2.05, 4.69) is 40.1 Å². The zero-order valence-corrected chi connectivity index (χ0v) is 18.1. The molecule has 1 aliphatic heterocycles. The molecule has 4 rings (SSSR count). The summed E-state index contributed by atoms with van der Waals surface area (Å²) in [5.41, 5.74) is 5.22. The summed E-state index contributed by atoms with van der Waals surface area (Å²) < 4.78 is 16.4. The zero-order valence-electron chi connectivity index (χ0n) is 17.3. The Morgan fingerprint density at radius 3 is 2.17 bits per heavy atom. The van der Waals surface area contributed by atoms with Gasteiger partial charge in [-0.15, -0.1) is 12.4 Å². The highest BCUT2D eigenvalue weighted by Gasteiger charge is 2.22. The third-order valence-corrected chi connectivity index (χ3v) is 5.65. The normalized spacial score (nSPS) is 16.0. The summed E-state index contributed by atoms with van der Waals surface area (Å²) in [7, 11) is 5.11. The second-order valence-electron chi connectivity index (χ2n) is 7.32. The molecule has 0 radical (unpaired) electrons. The van der Waals surface area contributed by atoms with Crippen molar-refractivity contribution in [3.8, 4) is 17.2 Å². The van der Waals surface area contributed by atoms with Gasteiger partial charge < -0.3 is 19.1 Å². The SMILES string of the molecule is COc1cc2c(cc1OC)CC(CN1CCN(c3ccccc3OC)CC1)=C2.Cl. The summed E-state index contributed by atoms with van der Waals surface area (Å²) in [5.74, 6) is 2.55. The molecule has 0 N–H and O–H groups in total. The van der Waals surface area contributed by atoms with Gasteiger partial charge in [-0.1, -0.05) is 23.8 Å². The van der Waals surface area contributed by atoms with Crippen LogP contribution < -0.4 is 19.1 Å². The number of nitrogens with zero attached hydrogens (tertiary/aromatic N) is 2. The van der Waals surface area contributed by atoms with Crippen molar-refractivity contribution in [2.75, 3.05) is 59.0 Å². The van der Waals surface area contributed by atoms with E-state index in [0.29, 0.717) is 0 Å². The van der Waals surface area contributed by atoms with Crippen LogP contribution >= 0.6 is 12.4 Å². The van der Waals surface area contributed by atoms with Crippen LogP contribution in [0.25, 0.3) is 6.08 Å². The van der Waals surface area contributed by atoms with Crippen LogP contribution in [0.1, 0.15) is 11.1 Å². The van der Waals surface area contributed by atoms with E-state index in [9.17, 15) is 0 Å². The van der Waals surface area contributed by atoms with E-state index in [0.717, 1.165) is 56.4 Å². The summed E-state index contributed by atoms with van der Waals surface area (Å²) in [6, 6.07) is 12.5. The molecule has 2 aromatic rings. The summed E-state index contributed by atoms with van der Waals surface area (Å²) in [5, 5.41) is 0. The number of fused-ring (bicyclic) bond motifs is 1. The van der Waals surface area contributed by atoms with E-state index in [4.69, 9.17) is 14.2 Å². The van der Waals surface area contributed by atoms with Crippen molar-refractivity contribution in [2.45, 2.75) is 6.42 Å². The minimum atomic E-state index is 0.